The molecule has 3 N–H and O–H groups in total. The third kappa shape index (κ3) is 2.15. The molecule has 0 aliphatic carbocycles. The summed E-state index contributed by atoms with van der Waals surface area (Å²) >= 11 is 0. The van der Waals surface area contributed by atoms with Crippen molar-refractivity contribution in [3.05, 3.63) is 59.0 Å². The van der Waals surface area contributed by atoms with Crippen LogP contribution >= 0.6 is 0 Å². The molecule has 2 aromatic rings. The van der Waals surface area contributed by atoms with Crippen LogP contribution in [0, 0.1) is 6.92 Å². The van der Waals surface area contributed by atoms with E-state index in [1.54, 1.807) is 6.07 Å². The lowest BCUT2D eigenvalue weighted by molar-refractivity contribution is 0.187. The first-order valence-corrected chi connectivity index (χ1v) is 5.24. The first-order chi connectivity index (χ1) is 7.70. The third-order valence-electron chi connectivity index (χ3n) is 2.56. The highest BCUT2D eigenvalue weighted by Gasteiger charge is 2.13. The van der Waals surface area contributed by atoms with Gasteiger partial charge in [0.2, 0.25) is 0 Å². The van der Waals surface area contributed by atoms with Crippen LogP contribution in [0.5, 0.6) is 0 Å². The van der Waals surface area contributed by atoms with E-state index in [9.17, 15) is 5.11 Å². The van der Waals surface area contributed by atoms with E-state index in [0.29, 0.717) is 12.3 Å². The minimum atomic E-state index is -0.708. The number of hydrogen-bond donors (Lipinski definition) is 2. The smallest absolute Gasteiger partial charge is 0.137 e. The summed E-state index contributed by atoms with van der Waals surface area (Å²) in [7, 11) is 0. The lowest BCUT2D eigenvalue weighted by Gasteiger charge is -2.08. The van der Waals surface area contributed by atoms with E-state index in [4.69, 9.17) is 10.2 Å². The van der Waals surface area contributed by atoms with E-state index < -0.39 is 6.10 Å². The van der Waals surface area contributed by atoms with Gasteiger partial charge < -0.3 is 15.3 Å². The number of benzene rings is 1. The Morgan fingerprint density at radius 1 is 1.19 bits per heavy atom. The molecule has 1 aromatic carbocycles. The molecular weight excluding hydrogens is 202 g/mol. The summed E-state index contributed by atoms with van der Waals surface area (Å²) in [6.07, 6.45) is -0.708. The van der Waals surface area contributed by atoms with E-state index in [-0.39, 0.29) is 0 Å². The minimum Gasteiger partial charge on any atom is -0.463 e. The van der Waals surface area contributed by atoms with Gasteiger partial charge in [-0.2, -0.15) is 0 Å². The van der Waals surface area contributed by atoms with E-state index in [2.05, 4.69) is 0 Å². The molecule has 3 nitrogen and oxygen atoms in total. The molecule has 0 amide bonds. The highest BCUT2D eigenvalue weighted by molar-refractivity contribution is 5.28. The fourth-order valence-electron chi connectivity index (χ4n) is 1.60. The monoisotopic (exact) mass is 217 g/mol. The molecule has 16 heavy (non-hydrogen) atoms. The Balaban J connectivity index is 2.23. The second-order valence-electron chi connectivity index (χ2n) is 3.80. The molecule has 0 aliphatic heterocycles. The van der Waals surface area contributed by atoms with Crippen molar-refractivity contribution in [2.24, 2.45) is 5.73 Å². The highest BCUT2D eigenvalue weighted by Crippen LogP contribution is 2.23. The largest absolute Gasteiger partial charge is 0.463 e. The molecule has 0 radical (unpaired) electrons. The van der Waals surface area contributed by atoms with Crippen LogP contribution in [0.1, 0.15) is 28.8 Å². The van der Waals surface area contributed by atoms with Crippen molar-refractivity contribution >= 4 is 0 Å². The Kier molecular flexibility index (Phi) is 3.08. The van der Waals surface area contributed by atoms with Gasteiger partial charge in [-0.05, 0) is 30.2 Å². The van der Waals surface area contributed by atoms with Gasteiger partial charge in [-0.15, -0.1) is 0 Å². The van der Waals surface area contributed by atoms with E-state index >= 15 is 0 Å². The van der Waals surface area contributed by atoms with Gasteiger partial charge in [0.05, 0.1) is 0 Å². The Hall–Kier alpha value is -1.58. The van der Waals surface area contributed by atoms with Crippen LogP contribution < -0.4 is 5.73 Å². The topological polar surface area (TPSA) is 59.4 Å². The Bertz CT molecular complexity index is 459. The van der Waals surface area contributed by atoms with Crippen molar-refractivity contribution in [2.75, 3.05) is 0 Å². The Morgan fingerprint density at radius 2 is 1.88 bits per heavy atom. The molecule has 1 unspecified atom stereocenters. The molecule has 1 atom stereocenters. The number of aliphatic hydroxyl groups is 1. The van der Waals surface area contributed by atoms with Crippen molar-refractivity contribution in [1.82, 2.24) is 0 Å². The average molecular weight is 217 g/mol. The SMILES string of the molecule is Cc1ccc(C(O)c2ccc(CN)cc2)o1. The molecule has 1 aromatic heterocycles. The number of furan rings is 1. The van der Waals surface area contributed by atoms with Crippen molar-refractivity contribution < 1.29 is 9.52 Å². The normalized spacial score (nSPS) is 12.7. The first-order valence-electron chi connectivity index (χ1n) is 5.24. The van der Waals surface area contributed by atoms with Gasteiger partial charge >= 0.3 is 0 Å². The van der Waals surface area contributed by atoms with Gasteiger partial charge in [-0.1, -0.05) is 24.3 Å². The summed E-state index contributed by atoms with van der Waals surface area (Å²) in [4.78, 5) is 0. The van der Waals surface area contributed by atoms with Gasteiger partial charge in [0, 0.05) is 6.54 Å². The lowest BCUT2D eigenvalue weighted by atomic mass is 10.1. The fraction of sp³-hybridized carbons (Fsp3) is 0.231. The number of aliphatic hydroxyl groups excluding tert-OH is 1. The Morgan fingerprint density at radius 3 is 2.38 bits per heavy atom. The summed E-state index contributed by atoms with van der Waals surface area (Å²) in [6.45, 7) is 2.37. The third-order valence-corrected chi connectivity index (χ3v) is 2.56. The molecule has 0 aliphatic rings. The van der Waals surface area contributed by atoms with Crippen molar-refractivity contribution in [1.29, 1.82) is 0 Å². The molecule has 3 heteroatoms. The molecule has 84 valence electrons. The van der Waals surface area contributed by atoms with Crippen molar-refractivity contribution in [3.63, 3.8) is 0 Å². The number of hydrogen-bond acceptors (Lipinski definition) is 3. The Labute approximate surface area is 94.5 Å². The van der Waals surface area contributed by atoms with Crippen molar-refractivity contribution in [3.8, 4) is 0 Å². The van der Waals surface area contributed by atoms with E-state index in [0.717, 1.165) is 16.9 Å². The zero-order valence-corrected chi connectivity index (χ0v) is 9.18. The van der Waals surface area contributed by atoms with Gasteiger partial charge in [0.25, 0.3) is 0 Å². The summed E-state index contributed by atoms with van der Waals surface area (Å²) in [5, 5.41) is 10.0. The van der Waals surface area contributed by atoms with Crippen LogP contribution in [0.25, 0.3) is 0 Å². The lowest BCUT2D eigenvalue weighted by Crippen LogP contribution is -2.00. The van der Waals surface area contributed by atoms with Gasteiger partial charge in [-0.3, -0.25) is 0 Å². The molecule has 0 bridgehead atoms. The molecule has 0 spiro atoms. The van der Waals surface area contributed by atoms with Crippen LogP contribution in [0.2, 0.25) is 0 Å². The maximum absolute atomic E-state index is 10.0. The summed E-state index contributed by atoms with van der Waals surface area (Å²) in [5.74, 6) is 1.37. The highest BCUT2D eigenvalue weighted by atomic mass is 16.4. The quantitative estimate of drug-likeness (QED) is 0.828. The second-order valence-corrected chi connectivity index (χ2v) is 3.80. The summed E-state index contributed by atoms with van der Waals surface area (Å²) in [6, 6.07) is 11.2. The van der Waals surface area contributed by atoms with Crippen LogP contribution in [0.4, 0.5) is 0 Å². The summed E-state index contributed by atoms with van der Waals surface area (Å²) < 4.78 is 5.38. The van der Waals surface area contributed by atoms with E-state index in [1.165, 1.54) is 0 Å². The van der Waals surface area contributed by atoms with Crippen LogP contribution in [-0.4, -0.2) is 5.11 Å². The van der Waals surface area contributed by atoms with Gasteiger partial charge in [-0.25, -0.2) is 0 Å². The zero-order chi connectivity index (χ0) is 11.5. The van der Waals surface area contributed by atoms with Gasteiger partial charge in [0.1, 0.15) is 17.6 Å². The fourth-order valence-corrected chi connectivity index (χ4v) is 1.60. The predicted octanol–water partition coefficient (Wildman–Crippen LogP) is 2.13. The molecule has 2 rings (SSSR count). The van der Waals surface area contributed by atoms with E-state index in [1.807, 2.05) is 37.3 Å². The number of aryl methyl sites for hydroxylation is 1. The summed E-state index contributed by atoms with van der Waals surface area (Å²) in [5.41, 5.74) is 7.37. The molecular formula is C13H15NO2. The maximum atomic E-state index is 10.0. The maximum Gasteiger partial charge on any atom is 0.137 e. The number of rotatable bonds is 3. The standard InChI is InChI=1S/C13H15NO2/c1-9-2-7-12(16-9)13(15)11-5-3-10(8-14)4-6-11/h2-7,13,15H,8,14H2,1H3. The molecule has 0 fully saturated rings. The van der Waals surface area contributed by atoms with Gasteiger partial charge in [0.15, 0.2) is 0 Å². The molecule has 0 saturated carbocycles. The van der Waals surface area contributed by atoms with Crippen LogP contribution in [0.15, 0.2) is 40.8 Å². The van der Waals surface area contributed by atoms with Crippen LogP contribution in [0.3, 0.4) is 0 Å². The zero-order valence-electron chi connectivity index (χ0n) is 9.18. The molecule has 1 heterocycles. The minimum absolute atomic E-state index is 0.510. The average Bonchev–Trinajstić information content (AvgIpc) is 2.75. The number of nitrogens with two attached hydrogens (primary N) is 1. The van der Waals surface area contributed by atoms with Crippen molar-refractivity contribution in [2.45, 2.75) is 19.6 Å². The molecule has 0 saturated heterocycles. The van der Waals surface area contributed by atoms with Crippen LogP contribution in [-0.2, 0) is 6.54 Å². The predicted molar refractivity (Wildman–Crippen MR) is 61.8 cm³/mol. The first kappa shape index (κ1) is 10.9. The second kappa shape index (κ2) is 4.51.